The molecule has 0 aliphatic heterocycles. The van der Waals surface area contributed by atoms with E-state index in [-0.39, 0.29) is 5.75 Å². The minimum absolute atomic E-state index is 0.00890. The maximum Gasteiger partial charge on any atom is 0.151 e. The Labute approximate surface area is 147 Å². The van der Waals surface area contributed by atoms with Crippen LogP contribution in [0.3, 0.4) is 0 Å². The molecule has 24 heavy (non-hydrogen) atoms. The van der Waals surface area contributed by atoms with Crippen molar-refractivity contribution in [1.29, 1.82) is 0 Å². The first-order valence-corrected chi connectivity index (χ1v) is 10.0. The van der Waals surface area contributed by atoms with Crippen molar-refractivity contribution in [3.05, 3.63) is 63.9 Å². The Morgan fingerprint density at radius 1 is 1.17 bits per heavy atom. The van der Waals surface area contributed by atoms with E-state index in [9.17, 15) is 8.42 Å². The number of aromatic nitrogens is 2. The molecule has 0 saturated carbocycles. The minimum Gasteiger partial charge on any atom is -0.326 e. The normalized spacial score (nSPS) is 12.0. The summed E-state index contributed by atoms with van der Waals surface area (Å²) >= 11 is 5.93. The van der Waals surface area contributed by atoms with Gasteiger partial charge in [0.2, 0.25) is 0 Å². The lowest BCUT2D eigenvalue weighted by Gasteiger charge is -2.11. The summed E-state index contributed by atoms with van der Waals surface area (Å²) in [6.07, 6.45) is 3.02. The zero-order valence-electron chi connectivity index (χ0n) is 13.9. The Kier molecular flexibility index (Phi) is 4.40. The summed E-state index contributed by atoms with van der Waals surface area (Å²) in [6, 6.07) is 9.75. The van der Waals surface area contributed by atoms with Crippen molar-refractivity contribution in [1.82, 2.24) is 9.55 Å². The van der Waals surface area contributed by atoms with Crippen LogP contribution in [0.5, 0.6) is 0 Å². The molecule has 1 heterocycles. The highest BCUT2D eigenvalue weighted by Gasteiger charge is 2.16. The predicted octanol–water partition coefficient (Wildman–Crippen LogP) is 3.90. The highest BCUT2D eigenvalue weighted by atomic mass is 35.5. The minimum atomic E-state index is -3.13. The Bertz CT molecular complexity index is 1010. The van der Waals surface area contributed by atoms with Crippen LogP contribution in [-0.2, 0) is 22.1 Å². The average molecular weight is 363 g/mol. The molecule has 3 rings (SSSR count). The SMILES string of the molecule is Cc1cc2c(ncn2Cc2ccc(Cl)cc2)c(CS(C)(=O)=O)c1C. The van der Waals surface area contributed by atoms with Crippen LogP contribution in [-0.4, -0.2) is 24.2 Å². The van der Waals surface area contributed by atoms with Crippen LogP contribution in [0.15, 0.2) is 36.7 Å². The summed E-state index contributed by atoms with van der Waals surface area (Å²) in [6.45, 7) is 4.61. The second-order valence-electron chi connectivity index (χ2n) is 6.23. The Morgan fingerprint density at radius 3 is 2.46 bits per heavy atom. The van der Waals surface area contributed by atoms with Gasteiger partial charge in [0, 0.05) is 17.8 Å². The third kappa shape index (κ3) is 3.47. The van der Waals surface area contributed by atoms with Gasteiger partial charge in [0.15, 0.2) is 9.84 Å². The van der Waals surface area contributed by atoms with Crippen molar-refractivity contribution >= 4 is 32.5 Å². The van der Waals surface area contributed by atoms with E-state index in [1.807, 2.05) is 42.7 Å². The highest BCUT2D eigenvalue weighted by Crippen LogP contribution is 2.27. The fourth-order valence-electron chi connectivity index (χ4n) is 2.86. The molecule has 0 amide bonds. The van der Waals surface area contributed by atoms with E-state index in [4.69, 9.17) is 11.6 Å². The van der Waals surface area contributed by atoms with E-state index in [2.05, 4.69) is 11.1 Å². The zero-order chi connectivity index (χ0) is 17.5. The quantitative estimate of drug-likeness (QED) is 0.707. The van der Waals surface area contributed by atoms with Crippen LogP contribution in [0.4, 0.5) is 0 Å². The molecule has 0 saturated heterocycles. The fourth-order valence-corrected chi connectivity index (χ4v) is 3.86. The number of imidazole rings is 1. The molecular formula is C18H19ClN2O2S. The number of sulfone groups is 1. The third-order valence-electron chi connectivity index (χ3n) is 4.23. The summed E-state index contributed by atoms with van der Waals surface area (Å²) in [7, 11) is -3.13. The molecule has 0 spiro atoms. The van der Waals surface area contributed by atoms with Gasteiger partial charge in [-0.05, 0) is 54.3 Å². The molecule has 1 aromatic heterocycles. The molecule has 0 atom stereocenters. The Hall–Kier alpha value is -1.85. The monoisotopic (exact) mass is 362 g/mol. The van der Waals surface area contributed by atoms with Crippen LogP contribution in [0.2, 0.25) is 5.02 Å². The number of halogens is 1. The number of fused-ring (bicyclic) bond motifs is 1. The molecule has 0 radical (unpaired) electrons. The molecule has 4 nitrogen and oxygen atoms in total. The lowest BCUT2D eigenvalue weighted by Crippen LogP contribution is -2.05. The van der Waals surface area contributed by atoms with Gasteiger partial charge in [0.05, 0.1) is 23.1 Å². The van der Waals surface area contributed by atoms with Gasteiger partial charge in [-0.15, -0.1) is 0 Å². The molecule has 0 N–H and O–H groups in total. The maximum atomic E-state index is 11.8. The topological polar surface area (TPSA) is 52.0 Å². The molecule has 0 fully saturated rings. The first-order chi connectivity index (χ1) is 11.2. The van der Waals surface area contributed by atoms with E-state index in [0.717, 1.165) is 33.3 Å². The standard InChI is InChI=1S/C18H19ClN2O2S/c1-12-8-17-18(16(13(12)2)10-24(3,22)23)20-11-21(17)9-14-4-6-15(19)7-5-14/h4-8,11H,9-10H2,1-3H3. The Balaban J connectivity index is 2.10. The van der Waals surface area contributed by atoms with Gasteiger partial charge in [-0.1, -0.05) is 23.7 Å². The largest absolute Gasteiger partial charge is 0.326 e. The van der Waals surface area contributed by atoms with Crippen LogP contribution in [0.1, 0.15) is 22.3 Å². The van der Waals surface area contributed by atoms with Gasteiger partial charge in [0.1, 0.15) is 0 Å². The van der Waals surface area contributed by atoms with Gasteiger partial charge < -0.3 is 4.57 Å². The number of hydrogen-bond acceptors (Lipinski definition) is 3. The second kappa shape index (κ2) is 6.22. The lowest BCUT2D eigenvalue weighted by molar-refractivity contribution is 0.601. The van der Waals surface area contributed by atoms with Gasteiger partial charge in [-0.3, -0.25) is 0 Å². The van der Waals surface area contributed by atoms with E-state index < -0.39 is 9.84 Å². The average Bonchev–Trinajstić information content (AvgIpc) is 2.88. The second-order valence-corrected chi connectivity index (χ2v) is 8.81. The van der Waals surface area contributed by atoms with Gasteiger partial charge >= 0.3 is 0 Å². The van der Waals surface area contributed by atoms with Crippen LogP contribution in [0, 0.1) is 13.8 Å². The molecule has 126 valence electrons. The number of aryl methyl sites for hydroxylation is 1. The van der Waals surface area contributed by atoms with Crippen molar-refractivity contribution in [2.45, 2.75) is 26.1 Å². The van der Waals surface area contributed by atoms with Crippen LogP contribution >= 0.6 is 11.6 Å². The molecule has 0 unspecified atom stereocenters. The highest BCUT2D eigenvalue weighted by molar-refractivity contribution is 7.89. The first kappa shape index (κ1) is 17.0. The molecule has 0 aliphatic carbocycles. The van der Waals surface area contributed by atoms with Crippen LogP contribution in [0.25, 0.3) is 11.0 Å². The number of hydrogen-bond donors (Lipinski definition) is 0. The zero-order valence-corrected chi connectivity index (χ0v) is 15.4. The number of nitrogens with zero attached hydrogens (tertiary/aromatic N) is 2. The predicted molar refractivity (Wildman–Crippen MR) is 98.3 cm³/mol. The van der Waals surface area contributed by atoms with Gasteiger partial charge in [0.25, 0.3) is 0 Å². The summed E-state index contributed by atoms with van der Waals surface area (Å²) < 4.78 is 25.6. The van der Waals surface area contributed by atoms with E-state index in [1.165, 1.54) is 6.26 Å². The third-order valence-corrected chi connectivity index (χ3v) is 5.30. The molecule has 3 aromatic rings. The molecule has 2 aromatic carbocycles. The summed E-state index contributed by atoms with van der Waals surface area (Å²) in [4.78, 5) is 4.49. The summed E-state index contributed by atoms with van der Waals surface area (Å²) in [5.74, 6) is 0.00890. The molecule has 6 heteroatoms. The smallest absolute Gasteiger partial charge is 0.151 e. The number of benzene rings is 2. The summed E-state index contributed by atoms with van der Waals surface area (Å²) in [5.41, 5.74) is 5.68. The molecular weight excluding hydrogens is 344 g/mol. The Morgan fingerprint density at radius 2 is 1.83 bits per heavy atom. The van der Waals surface area contributed by atoms with Crippen molar-refractivity contribution in [3.63, 3.8) is 0 Å². The van der Waals surface area contributed by atoms with Crippen molar-refractivity contribution in [2.75, 3.05) is 6.26 Å². The first-order valence-electron chi connectivity index (χ1n) is 7.60. The van der Waals surface area contributed by atoms with Crippen molar-refractivity contribution in [2.24, 2.45) is 0 Å². The van der Waals surface area contributed by atoms with Gasteiger partial charge in [-0.25, -0.2) is 13.4 Å². The van der Waals surface area contributed by atoms with E-state index in [1.54, 1.807) is 6.33 Å². The molecule has 0 bridgehead atoms. The van der Waals surface area contributed by atoms with E-state index in [0.29, 0.717) is 11.6 Å². The van der Waals surface area contributed by atoms with Gasteiger partial charge in [-0.2, -0.15) is 0 Å². The fraction of sp³-hybridized carbons (Fsp3) is 0.278. The lowest BCUT2D eigenvalue weighted by atomic mass is 10.0. The molecule has 0 aliphatic rings. The number of rotatable bonds is 4. The van der Waals surface area contributed by atoms with Crippen molar-refractivity contribution in [3.8, 4) is 0 Å². The van der Waals surface area contributed by atoms with Crippen molar-refractivity contribution < 1.29 is 8.42 Å². The van der Waals surface area contributed by atoms with Crippen LogP contribution < -0.4 is 0 Å². The maximum absolute atomic E-state index is 11.8. The van der Waals surface area contributed by atoms with E-state index >= 15 is 0 Å². The summed E-state index contributed by atoms with van der Waals surface area (Å²) in [5, 5.41) is 0.705.